The number of primary sulfonamides is 1. The number of amides is 1. The predicted molar refractivity (Wildman–Crippen MR) is 73.7 cm³/mol. The molecule has 7 heteroatoms. The Balaban J connectivity index is 1.92. The summed E-state index contributed by atoms with van der Waals surface area (Å²) >= 11 is 0. The Hall–Kier alpha value is -1.60. The van der Waals surface area contributed by atoms with Gasteiger partial charge in [-0.05, 0) is 44.0 Å². The van der Waals surface area contributed by atoms with E-state index in [2.05, 4.69) is 0 Å². The van der Waals surface area contributed by atoms with Gasteiger partial charge in [-0.3, -0.25) is 4.79 Å². The van der Waals surface area contributed by atoms with E-state index in [0.717, 1.165) is 12.8 Å². The number of likely N-dealkylation sites (N-methyl/N-ethyl adjacent to an activating group) is 1. The van der Waals surface area contributed by atoms with Gasteiger partial charge in [-0.2, -0.15) is 0 Å². The largest absolute Gasteiger partial charge is 0.484 e. The van der Waals surface area contributed by atoms with Crippen LogP contribution in [0.25, 0.3) is 0 Å². The predicted octanol–water partition coefficient (Wildman–Crippen LogP) is 0.724. The summed E-state index contributed by atoms with van der Waals surface area (Å²) in [6.45, 7) is 2.58. The van der Waals surface area contributed by atoms with Gasteiger partial charge in [0.2, 0.25) is 10.0 Å². The molecule has 0 unspecified atom stereocenters. The second-order valence-electron chi connectivity index (χ2n) is 4.72. The van der Waals surface area contributed by atoms with Gasteiger partial charge in [0.25, 0.3) is 5.91 Å². The number of nitrogens with two attached hydrogens (primary N) is 1. The summed E-state index contributed by atoms with van der Waals surface area (Å²) < 4.78 is 27.6. The number of carbonyl (C=O) groups is 1. The molecule has 1 amide bonds. The molecule has 0 spiro atoms. The standard InChI is InChI=1S/C13H18N2O4S/c1-2-15(10-3-4-10)13(16)9-19-11-5-7-12(8-6-11)20(14,17)18/h5-8,10H,2-4,9H2,1H3,(H2,14,17,18). The molecule has 0 bridgehead atoms. The average Bonchev–Trinajstić information content (AvgIpc) is 3.21. The summed E-state index contributed by atoms with van der Waals surface area (Å²) in [6.07, 6.45) is 2.12. The molecular weight excluding hydrogens is 280 g/mol. The highest BCUT2D eigenvalue weighted by molar-refractivity contribution is 7.89. The number of rotatable bonds is 6. The lowest BCUT2D eigenvalue weighted by molar-refractivity contribution is -0.133. The number of hydrogen-bond donors (Lipinski definition) is 1. The van der Waals surface area contributed by atoms with Crippen molar-refractivity contribution in [2.75, 3.05) is 13.2 Å². The Labute approximate surface area is 118 Å². The van der Waals surface area contributed by atoms with Gasteiger partial charge in [-0.1, -0.05) is 0 Å². The first-order valence-electron chi connectivity index (χ1n) is 6.47. The first-order chi connectivity index (χ1) is 9.41. The number of nitrogens with zero attached hydrogens (tertiary/aromatic N) is 1. The molecule has 1 aliphatic rings. The van der Waals surface area contributed by atoms with E-state index in [-0.39, 0.29) is 17.4 Å². The average molecular weight is 298 g/mol. The molecule has 110 valence electrons. The van der Waals surface area contributed by atoms with Crippen LogP contribution in [0.15, 0.2) is 29.2 Å². The van der Waals surface area contributed by atoms with E-state index in [4.69, 9.17) is 9.88 Å². The zero-order chi connectivity index (χ0) is 14.8. The monoisotopic (exact) mass is 298 g/mol. The molecule has 0 aliphatic heterocycles. The lowest BCUT2D eigenvalue weighted by atomic mass is 10.3. The number of benzene rings is 1. The summed E-state index contributed by atoms with van der Waals surface area (Å²) in [6, 6.07) is 6.04. The van der Waals surface area contributed by atoms with E-state index in [1.54, 1.807) is 4.90 Å². The fraction of sp³-hybridized carbons (Fsp3) is 0.462. The lowest BCUT2D eigenvalue weighted by Crippen LogP contribution is -2.36. The summed E-state index contributed by atoms with van der Waals surface area (Å²) in [7, 11) is -3.70. The van der Waals surface area contributed by atoms with Crippen molar-refractivity contribution in [3.8, 4) is 5.75 Å². The van der Waals surface area contributed by atoms with Gasteiger partial charge >= 0.3 is 0 Å². The van der Waals surface area contributed by atoms with Gasteiger partial charge in [0, 0.05) is 12.6 Å². The summed E-state index contributed by atoms with van der Waals surface area (Å²) in [5.41, 5.74) is 0. The van der Waals surface area contributed by atoms with E-state index in [1.807, 2.05) is 6.92 Å². The molecule has 20 heavy (non-hydrogen) atoms. The third-order valence-electron chi connectivity index (χ3n) is 3.16. The van der Waals surface area contributed by atoms with Crippen LogP contribution in [0.4, 0.5) is 0 Å². The molecule has 1 fully saturated rings. The topological polar surface area (TPSA) is 89.7 Å². The SMILES string of the molecule is CCN(C(=O)COc1ccc(S(N)(=O)=O)cc1)C1CC1. The summed E-state index contributed by atoms with van der Waals surface area (Å²) in [5.74, 6) is 0.392. The van der Waals surface area contributed by atoms with Gasteiger partial charge < -0.3 is 9.64 Å². The molecule has 6 nitrogen and oxygen atoms in total. The highest BCUT2D eigenvalue weighted by atomic mass is 32.2. The van der Waals surface area contributed by atoms with Gasteiger partial charge in [0.1, 0.15) is 5.75 Å². The van der Waals surface area contributed by atoms with E-state index in [1.165, 1.54) is 24.3 Å². The minimum atomic E-state index is -3.70. The highest BCUT2D eigenvalue weighted by Crippen LogP contribution is 2.26. The molecular formula is C13H18N2O4S. The molecule has 0 radical (unpaired) electrons. The van der Waals surface area contributed by atoms with Crippen LogP contribution < -0.4 is 9.88 Å². The molecule has 2 rings (SSSR count). The van der Waals surface area contributed by atoms with Crippen LogP contribution in [-0.4, -0.2) is 38.4 Å². The first-order valence-corrected chi connectivity index (χ1v) is 8.01. The van der Waals surface area contributed by atoms with Crippen molar-refractivity contribution < 1.29 is 17.9 Å². The Morgan fingerprint density at radius 3 is 2.40 bits per heavy atom. The number of carbonyl (C=O) groups excluding carboxylic acids is 1. The fourth-order valence-corrected chi connectivity index (χ4v) is 2.49. The number of ether oxygens (including phenoxy) is 1. The third kappa shape index (κ3) is 3.71. The minimum absolute atomic E-state index is 0.0179. The van der Waals surface area contributed by atoms with Crippen LogP contribution in [0.5, 0.6) is 5.75 Å². The molecule has 1 aliphatic carbocycles. The minimum Gasteiger partial charge on any atom is -0.484 e. The molecule has 0 aromatic heterocycles. The maximum Gasteiger partial charge on any atom is 0.260 e. The smallest absolute Gasteiger partial charge is 0.260 e. The van der Waals surface area contributed by atoms with Crippen molar-refractivity contribution >= 4 is 15.9 Å². The Morgan fingerprint density at radius 1 is 1.35 bits per heavy atom. The molecule has 2 N–H and O–H groups in total. The number of hydrogen-bond acceptors (Lipinski definition) is 4. The normalized spacial score (nSPS) is 14.9. The maximum absolute atomic E-state index is 11.9. The first kappa shape index (κ1) is 14.8. The summed E-state index contributed by atoms with van der Waals surface area (Å²) in [5, 5.41) is 5.00. The second-order valence-corrected chi connectivity index (χ2v) is 6.28. The van der Waals surface area contributed by atoms with Gasteiger partial charge in [-0.15, -0.1) is 0 Å². The van der Waals surface area contributed by atoms with Crippen molar-refractivity contribution in [1.29, 1.82) is 0 Å². The maximum atomic E-state index is 11.9. The van der Waals surface area contributed by atoms with Crippen LogP contribution in [-0.2, 0) is 14.8 Å². The van der Waals surface area contributed by atoms with Gasteiger partial charge in [0.15, 0.2) is 6.61 Å². The van der Waals surface area contributed by atoms with Crippen LogP contribution in [0.1, 0.15) is 19.8 Å². The molecule has 0 saturated heterocycles. The van der Waals surface area contributed by atoms with Crippen molar-refractivity contribution in [3.63, 3.8) is 0 Å². The van der Waals surface area contributed by atoms with Crippen LogP contribution >= 0.6 is 0 Å². The highest BCUT2D eigenvalue weighted by Gasteiger charge is 2.31. The fourth-order valence-electron chi connectivity index (χ4n) is 1.98. The van der Waals surface area contributed by atoms with E-state index < -0.39 is 10.0 Å². The Kier molecular flexibility index (Phi) is 4.29. The molecule has 1 aromatic carbocycles. The third-order valence-corrected chi connectivity index (χ3v) is 4.09. The number of sulfonamides is 1. The van der Waals surface area contributed by atoms with Crippen molar-refractivity contribution in [1.82, 2.24) is 4.90 Å². The van der Waals surface area contributed by atoms with Crippen molar-refractivity contribution in [2.45, 2.75) is 30.7 Å². The molecule has 1 aromatic rings. The van der Waals surface area contributed by atoms with Crippen molar-refractivity contribution in [3.05, 3.63) is 24.3 Å². The van der Waals surface area contributed by atoms with Crippen molar-refractivity contribution in [2.24, 2.45) is 5.14 Å². The zero-order valence-corrected chi connectivity index (χ0v) is 12.1. The molecule has 0 atom stereocenters. The van der Waals surface area contributed by atoms with Gasteiger partial charge in [-0.25, -0.2) is 13.6 Å². The quantitative estimate of drug-likeness (QED) is 0.838. The van der Waals surface area contributed by atoms with Crippen LogP contribution in [0.3, 0.4) is 0 Å². The summed E-state index contributed by atoms with van der Waals surface area (Å²) in [4.78, 5) is 13.8. The van der Waals surface area contributed by atoms with E-state index in [9.17, 15) is 13.2 Å². The van der Waals surface area contributed by atoms with Crippen LogP contribution in [0, 0.1) is 0 Å². The Bertz CT molecular complexity index is 579. The molecule has 1 saturated carbocycles. The lowest BCUT2D eigenvalue weighted by Gasteiger charge is -2.20. The second kappa shape index (κ2) is 5.80. The Morgan fingerprint density at radius 2 is 1.95 bits per heavy atom. The van der Waals surface area contributed by atoms with E-state index in [0.29, 0.717) is 18.3 Å². The van der Waals surface area contributed by atoms with Crippen LogP contribution in [0.2, 0.25) is 0 Å². The molecule has 0 heterocycles. The zero-order valence-electron chi connectivity index (χ0n) is 11.3. The van der Waals surface area contributed by atoms with E-state index >= 15 is 0 Å². The van der Waals surface area contributed by atoms with Gasteiger partial charge in [0.05, 0.1) is 4.90 Å².